The van der Waals surface area contributed by atoms with E-state index in [0.29, 0.717) is 21.8 Å². The fourth-order valence-electron chi connectivity index (χ4n) is 4.67. The third kappa shape index (κ3) is 4.07. The largest absolute Gasteiger partial charge is 0.383 e. The molecule has 11 heteroatoms. The Labute approximate surface area is 217 Å². The zero-order valence-corrected chi connectivity index (χ0v) is 21.2. The van der Waals surface area contributed by atoms with Crippen LogP contribution in [0.15, 0.2) is 72.0 Å². The van der Waals surface area contributed by atoms with Crippen LogP contribution < -0.4 is 11.5 Å². The number of hydrogen-bond donors (Lipinski definition) is 3. The summed E-state index contributed by atoms with van der Waals surface area (Å²) < 4.78 is 36.8. The molecule has 10 nitrogen and oxygen atoms in total. The summed E-state index contributed by atoms with van der Waals surface area (Å²) in [5.74, 6) is -1.23. The van der Waals surface area contributed by atoms with Gasteiger partial charge in [0.2, 0.25) is 5.91 Å². The summed E-state index contributed by atoms with van der Waals surface area (Å²) in [6.07, 6.45) is 2.91. The topological polar surface area (TPSA) is 171 Å². The highest BCUT2D eigenvalue weighted by Crippen LogP contribution is 2.39. The van der Waals surface area contributed by atoms with Crippen molar-refractivity contribution in [3.8, 4) is 11.1 Å². The Balaban J connectivity index is 1.89. The fourth-order valence-corrected chi connectivity index (χ4v) is 5.38. The lowest BCUT2D eigenvalue weighted by molar-refractivity contribution is 0.1000. The number of primary amides is 1. The first-order chi connectivity index (χ1) is 18.0. The molecule has 5 N–H and O–H groups in total. The molecule has 192 valence electrons. The summed E-state index contributed by atoms with van der Waals surface area (Å²) in [7, 11) is -4.70. The number of fused-ring (bicyclic) bond motifs is 2. The fraction of sp³-hybridized carbons (Fsp3) is 0.111. The average Bonchev–Trinajstić information content (AvgIpc) is 3.28. The predicted molar refractivity (Wildman–Crippen MR) is 143 cm³/mol. The molecule has 0 bridgehead atoms. The summed E-state index contributed by atoms with van der Waals surface area (Å²) >= 11 is 0. The van der Waals surface area contributed by atoms with Crippen LogP contribution in [0.3, 0.4) is 0 Å². The van der Waals surface area contributed by atoms with Gasteiger partial charge in [-0.25, -0.2) is 9.97 Å². The van der Waals surface area contributed by atoms with Crippen molar-refractivity contribution < 1.29 is 22.6 Å². The van der Waals surface area contributed by atoms with Crippen LogP contribution in [0.4, 0.5) is 5.82 Å². The van der Waals surface area contributed by atoms with Gasteiger partial charge in [0.25, 0.3) is 10.1 Å². The Morgan fingerprint density at radius 1 is 1.00 bits per heavy atom. The van der Waals surface area contributed by atoms with Gasteiger partial charge in [-0.3, -0.25) is 14.1 Å². The predicted octanol–water partition coefficient (Wildman–Crippen LogP) is 3.99. The van der Waals surface area contributed by atoms with Gasteiger partial charge in [-0.1, -0.05) is 36.4 Å². The lowest BCUT2D eigenvalue weighted by Crippen LogP contribution is -2.14. The van der Waals surface area contributed by atoms with Gasteiger partial charge in [0.05, 0.1) is 10.9 Å². The van der Waals surface area contributed by atoms with Crippen molar-refractivity contribution >= 4 is 49.4 Å². The van der Waals surface area contributed by atoms with Crippen molar-refractivity contribution in [2.45, 2.75) is 24.8 Å². The van der Waals surface area contributed by atoms with E-state index in [1.165, 1.54) is 30.6 Å². The van der Waals surface area contributed by atoms with E-state index in [1.807, 2.05) is 13.8 Å². The van der Waals surface area contributed by atoms with Crippen LogP contribution in [0.5, 0.6) is 0 Å². The van der Waals surface area contributed by atoms with Crippen molar-refractivity contribution in [2.75, 3.05) is 5.73 Å². The Kier molecular flexibility index (Phi) is 5.97. The van der Waals surface area contributed by atoms with E-state index in [9.17, 15) is 22.6 Å². The second kappa shape index (κ2) is 9.05. The second-order valence-corrected chi connectivity index (χ2v) is 10.5. The lowest BCUT2D eigenvalue weighted by Gasteiger charge is -2.16. The molecule has 0 aliphatic carbocycles. The molecule has 1 amide bonds. The minimum absolute atomic E-state index is 0.00591. The number of rotatable bonds is 6. The minimum atomic E-state index is -4.70. The number of amides is 1. The number of aromatic nitrogens is 3. The van der Waals surface area contributed by atoms with Gasteiger partial charge in [0.15, 0.2) is 5.78 Å². The van der Waals surface area contributed by atoms with Gasteiger partial charge in [0.1, 0.15) is 22.7 Å². The molecule has 3 aromatic carbocycles. The maximum Gasteiger partial charge on any atom is 0.295 e. The smallest absolute Gasteiger partial charge is 0.295 e. The molecular weight excluding hydrogens is 506 g/mol. The van der Waals surface area contributed by atoms with Gasteiger partial charge in [-0.05, 0) is 48.4 Å². The van der Waals surface area contributed by atoms with Gasteiger partial charge in [-0.2, -0.15) is 8.42 Å². The third-order valence-corrected chi connectivity index (χ3v) is 7.32. The molecule has 0 fully saturated rings. The summed E-state index contributed by atoms with van der Waals surface area (Å²) in [6.45, 7) is 3.83. The average molecular weight is 530 g/mol. The number of anilines is 1. The Hall–Kier alpha value is -4.61. The first-order valence-electron chi connectivity index (χ1n) is 11.6. The molecule has 38 heavy (non-hydrogen) atoms. The number of nitrogens with zero attached hydrogens (tertiary/aromatic N) is 3. The maximum absolute atomic E-state index is 14.2. The monoisotopic (exact) mass is 529 g/mol. The van der Waals surface area contributed by atoms with E-state index < -0.39 is 21.8 Å². The van der Waals surface area contributed by atoms with Crippen LogP contribution in [0.2, 0.25) is 0 Å². The number of benzene rings is 3. The van der Waals surface area contributed by atoms with Crippen molar-refractivity contribution in [3.05, 3.63) is 83.8 Å². The third-order valence-electron chi connectivity index (χ3n) is 6.43. The summed E-state index contributed by atoms with van der Waals surface area (Å²) in [4.78, 5) is 34.3. The number of nitrogen functional groups attached to an aromatic ring is 1. The van der Waals surface area contributed by atoms with Crippen LogP contribution in [0.1, 0.15) is 46.2 Å². The standard InChI is InChI=1S/C27H23N5O5S/c1-14(2)32-12-20(23-25(28)30-13-31-27(23)32)24(33)19-11-16(26(29)34)7-9-18(19)22-17-6-4-3-5-15(17)8-10-21(22)38(35,36)37/h3-14H,1-2H3,(H2,29,34)(H2,28,30,31)(H,35,36,37). The number of carbonyl (C=O) groups is 2. The molecule has 0 atom stereocenters. The Morgan fingerprint density at radius 2 is 1.74 bits per heavy atom. The molecule has 0 aliphatic heterocycles. The van der Waals surface area contributed by atoms with E-state index in [4.69, 9.17) is 11.5 Å². The maximum atomic E-state index is 14.2. The van der Waals surface area contributed by atoms with Gasteiger partial charge in [0, 0.05) is 28.9 Å². The van der Waals surface area contributed by atoms with Crippen LogP contribution in [-0.4, -0.2) is 39.2 Å². The van der Waals surface area contributed by atoms with Crippen LogP contribution in [0.25, 0.3) is 32.9 Å². The molecule has 0 saturated heterocycles. The minimum Gasteiger partial charge on any atom is -0.383 e. The summed E-state index contributed by atoms with van der Waals surface area (Å²) in [5, 5.41) is 1.49. The Morgan fingerprint density at radius 3 is 2.42 bits per heavy atom. The molecule has 0 radical (unpaired) electrons. The molecule has 2 heterocycles. The number of nitrogens with two attached hydrogens (primary N) is 2. The lowest BCUT2D eigenvalue weighted by atomic mass is 9.89. The highest BCUT2D eigenvalue weighted by Gasteiger charge is 2.27. The molecule has 0 saturated carbocycles. The van der Waals surface area contributed by atoms with Crippen molar-refractivity contribution in [1.82, 2.24) is 14.5 Å². The van der Waals surface area contributed by atoms with E-state index in [2.05, 4.69) is 9.97 Å². The first-order valence-corrected chi connectivity index (χ1v) is 13.0. The van der Waals surface area contributed by atoms with Crippen LogP contribution >= 0.6 is 0 Å². The van der Waals surface area contributed by atoms with Gasteiger partial charge < -0.3 is 16.0 Å². The number of hydrogen-bond acceptors (Lipinski definition) is 7. The van der Waals surface area contributed by atoms with E-state index in [-0.39, 0.29) is 44.6 Å². The van der Waals surface area contributed by atoms with Crippen molar-refractivity contribution in [3.63, 3.8) is 0 Å². The SMILES string of the molecule is CC(C)n1cc(C(=O)c2cc(C(N)=O)ccc2-c2c(S(=O)(=O)O)ccc3ccccc23)c2c(N)ncnc21. The number of carbonyl (C=O) groups excluding carboxylic acids is 2. The van der Waals surface area contributed by atoms with E-state index in [1.54, 1.807) is 41.1 Å². The molecule has 0 unspecified atom stereocenters. The summed E-state index contributed by atoms with van der Waals surface area (Å²) in [5.41, 5.74) is 12.7. The Bertz CT molecular complexity index is 1890. The molecule has 0 spiro atoms. The van der Waals surface area contributed by atoms with Gasteiger partial charge >= 0.3 is 0 Å². The van der Waals surface area contributed by atoms with E-state index in [0.717, 1.165) is 0 Å². The normalized spacial score (nSPS) is 11.9. The first kappa shape index (κ1) is 25.1. The quantitative estimate of drug-likeness (QED) is 0.219. The van der Waals surface area contributed by atoms with Gasteiger partial charge in [-0.15, -0.1) is 0 Å². The zero-order valence-electron chi connectivity index (χ0n) is 20.4. The van der Waals surface area contributed by atoms with Crippen molar-refractivity contribution in [1.29, 1.82) is 0 Å². The molecule has 2 aromatic heterocycles. The van der Waals surface area contributed by atoms with Crippen LogP contribution in [0, 0.1) is 0 Å². The second-order valence-electron chi connectivity index (χ2n) is 9.09. The molecule has 5 aromatic rings. The number of ketones is 1. The zero-order chi connectivity index (χ0) is 27.4. The highest BCUT2D eigenvalue weighted by atomic mass is 32.2. The van der Waals surface area contributed by atoms with E-state index >= 15 is 0 Å². The summed E-state index contributed by atoms with van der Waals surface area (Å²) in [6, 6.07) is 13.9. The highest BCUT2D eigenvalue weighted by molar-refractivity contribution is 7.86. The molecule has 0 aliphatic rings. The van der Waals surface area contributed by atoms with Crippen LogP contribution in [-0.2, 0) is 10.1 Å². The molecular formula is C27H23N5O5S. The molecule has 5 rings (SSSR count). The van der Waals surface area contributed by atoms with Crippen molar-refractivity contribution in [2.24, 2.45) is 5.73 Å².